The number of carbonyl (C=O) groups is 2. The monoisotopic (exact) mass is 488 g/mol. The van der Waals surface area contributed by atoms with Gasteiger partial charge in [0.05, 0.1) is 12.0 Å². The second kappa shape index (κ2) is 10.1. The molecule has 1 saturated carbocycles. The van der Waals surface area contributed by atoms with E-state index < -0.39 is 17.2 Å². The Balaban J connectivity index is 1.17. The van der Waals surface area contributed by atoms with E-state index in [1.54, 1.807) is 6.07 Å². The number of carbonyl (C=O) groups excluding carboxylic acids is 2. The number of hydrogen-bond acceptors (Lipinski definition) is 4. The Morgan fingerprint density at radius 3 is 2.54 bits per heavy atom. The second-order valence-corrected chi connectivity index (χ2v) is 11.4. The first kappa shape index (κ1) is 24.6. The van der Waals surface area contributed by atoms with Crippen molar-refractivity contribution in [3.05, 3.63) is 35.4 Å². The lowest BCUT2D eigenvalue weighted by atomic mass is 9.83. The van der Waals surface area contributed by atoms with Gasteiger partial charge in [-0.25, -0.2) is 8.78 Å². The van der Waals surface area contributed by atoms with E-state index in [0.717, 1.165) is 24.1 Å². The summed E-state index contributed by atoms with van der Waals surface area (Å²) >= 11 is 0. The summed E-state index contributed by atoms with van der Waals surface area (Å²) in [6.07, 6.45) is 8.97. The van der Waals surface area contributed by atoms with Crippen LogP contribution in [0.1, 0.15) is 63.4 Å². The summed E-state index contributed by atoms with van der Waals surface area (Å²) in [5.41, 5.74) is 0.219. The zero-order valence-electron chi connectivity index (χ0n) is 20.8. The van der Waals surface area contributed by atoms with Crippen molar-refractivity contribution in [1.29, 1.82) is 0 Å². The first-order valence-corrected chi connectivity index (χ1v) is 13.3. The number of likely N-dealkylation sites (N-methyl/N-ethyl adjacent to an activating group) is 1. The van der Waals surface area contributed by atoms with Crippen molar-refractivity contribution in [2.45, 2.75) is 82.0 Å². The largest absolute Gasteiger partial charge is 0.348 e. The maximum absolute atomic E-state index is 13.6. The molecule has 5 rings (SSSR count). The number of halogens is 2. The standard InChI is InChI=1S/C27H38F2N4O2/c1-31(16-19-5-3-2-4-6-19)21-14-24-26(35)30-27(15-25(34)33(24)18-21)9-11-32(12-10-27)17-20-7-8-22(28)23(29)13-20/h7-8,13,19,21,24H,2-6,9-12,14-18H2,1H3,(H,30,35)/t21-,24-/m0/s1. The first-order valence-electron chi connectivity index (χ1n) is 13.3. The molecule has 192 valence electrons. The van der Waals surface area contributed by atoms with E-state index in [1.165, 1.54) is 38.2 Å². The lowest BCUT2D eigenvalue weighted by Crippen LogP contribution is -2.56. The molecule has 0 aromatic heterocycles. The third-order valence-electron chi connectivity index (χ3n) is 8.88. The Labute approximate surface area is 207 Å². The molecule has 3 heterocycles. The fourth-order valence-corrected chi connectivity index (χ4v) is 6.70. The van der Waals surface area contributed by atoms with Crippen LogP contribution in [0.25, 0.3) is 0 Å². The van der Waals surface area contributed by atoms with Gasteiger partial charge in [-0.2, -0.15) is 0 Å². The van der Waals surface area contributed by atoms with E-state index in [-0.39, 0.29) is 23.9 Å². The van der Waals surface area contributed by atoms with Crippen LogP contribution < -0.4 is 5.32 Å². The van der Waals surface area contributed by atoms with Crippen LogP contribution in [0.15, 0.2) is 18.2 Å². The van der Waals surface area contributed by atoms with Crippen LogP contribution in [0.4, 0.5) is 8.78 Å². The number of piperidine rings is 1. The maximum atomic E-state index is 13.6. The van der Waals surface area contributed by atoms with E-state index >= 15 is 0 Å². The molecule has 3 saturated heterocycles. The number of hydrogen-bond donors (Lipinski definition) is 1. The highest BCUT2D eigenvalue weighted by molar-refractivity contribution is 5.92. The predicted molar refractivity (Wildman–Crippen MR) is 129 cm³/mol. The summed E-state index contributed by atoms with van der Waals surface area (Å²) in [4.78, 5) is 33.0. The number of rotatable bonds is 5. The van der Waals surface area contributed by atoms with Gasteiger partial charge in [-0.15, -0.1) is 0 Å². The number of amides is 2. The minimum Gasteiger partial charge on any atom is -0.348 e. The van der Waals surface area contributed by atoms with Crippen LogP contribution in [0.3, 0.4) is 0 Å². The number of benzene rings is 1. The highest BCUT2D eigenvalue weighted by Crippen LogP contribution is 2.34. The quantitative estimate of drug-likeness (QED) is 0.691. The van der Waals surface area contributed by atoms with Gasteiger partial charge in [-0.3, -0.25) is 14.5 Å². The molecule has 2 atom stereocenters. The van der Waals surface area contributed by atoms with Crippen LogP contribution in [0.2, 0.25) is 0 Å². The molecule has 8 heteroatoms. The van der Waals surface area contributed by atoms with Crippen molar-refractivity contribution in [1.82, 2.24) is 20.0 Å². The lowest BCUT2D eigenvalue weighted by molar-refractivity contribution is -0.135. The van der Waals surface area contributed by atoms with E-state index in [0.29, 0.717) is 51.9 Å². The summed E-state index contributed by atoms with van der Waals surface area (Å²) in [6, 6.07) is 3.88. The van der Waals surface area contributed by atoms with Crippen LogP contribution in [-0.4, -0.2) is 77.4 Å². The number of likely N-dealkylation sites (tertiary alicyclic amines) is 1. The van der Waals surface area contributed by atoms with Crippen LogP contribution in [0, 0.1) is 17.6 Å². The van der Waals surface area contributed by atoms with Crippen LogP contribution >= 0.6 is 0 Å². The average Bonchev–Trinajstić information content (AvgIpc) is 3.27. The van der Waals surface area contributed by atoms with Crippen LogP contribution in [-0.2, 0) is 16.1 Å². The topological polar surface area (TPSA) is 55.9 Å². The molecule has 0 bridgehead atoms. The molecule has 4 fully saturated rings. The van der Waals surface area contributed by atoms with E-state index in [2.05, 4.69) is 22.2 Å². The highest BCUT2D eigenvalue weighted by Gasteiger charge is 2.49. The number of nitrogens with zero attached hydrogens (tertiary/aromatic N) is 3. The van der Waals surface area contributed by atoms with Gasteiger partial charge < -0.3 is 15.1 Å². The minimum atomic E-state index is -0.839. The Bertz CT molecular complexity index is 915. The van der Waals surface area contributed by atoms with Gasteiger partial charge >= 0.3 is 0 Å². The molecule has 1 aromatic rings. The fourth-order valence-electron chi connectivity index (χ4n) is 6.70. The summed E-state index contributed by atoms with van der Waals surface area (Å²) in [5.74, 6) is -0.872. The van der Waals surface area contributed by atoms with Crippen molar-refractivity contribution in [3.63, 3.8) is 0 Å². The molecule has 0 unspecified atom stereocenters. The Morgan fingerprint density at radius 1 is 1.09 bits per heavy atom. The van der Waals surface area contributed by atoms with Crippen molar-refractivity contribution >= 4 is 11.8 Å². The fraction of sp³-hybridized carbons (Fsp3) is 0.704. The van der Waals surface area contributed by atoms with E-state index in [4.69, 9.17) is 0 Å². The molecule has 1 aliphatic carbocycles. The molecule has 1 spiro atoms. The minimum absolute atomic E-state index is 0.0153. The predicted octanol–water partition coefficient (Wildman–Crippen LogP) is 3.30. The van der Waals surface area contributed by atoms with Gasteiger partial charge in [0.1, 0.15) is 6.04 Å². The summed E-state index contributed by atoms with van der Waals surface area (Å²) < 4.78 is 26.8. The van der Waals surface area contributed by atoms with Crippen LogP contribution in [0.5, 0.6) is 0 Å². The number of nitrogens with one attached hydrogen (secondary N) is 1. The molecule has 3 aliphatic heterocycles. The van der Waals surface area contributed by atoms with Crippen molar-refractivity contribution in [2.75, 3.05) is 33.2 Å². The summed E-state index contributed by atoms with van der Waals surface area (Å²) in [6.45, 7) is 3.62. The molecule has 2 amide bonds. The Morgan fingerprint density at radius 2 is 1.83 bits per heavy atom. The van der Waals surface area contributed by atoms with Gasteiger partial charge in [-0.05, 0) is 62.8 Å². The molecule has 6 nitrogen and oxygen atoms in total. The summed E-state index contributed by atoms with van der Waals surface area (Å²) in [7, 11) is 2.15. The van der Waals surface area contributed by atoms with Gasteiger partial charge in [-0.1, -0.05) is 25.3 Å². The molecule has 1 aromatic carbocycles. The van der Waals surface area contributed by atoms with E-state index in [1.807, 2.05) is 4.90 Å². The third-order valence-corrected chi connectivity index (χ3v) is 8.88. The average molecular weight is 489 g/mol. The molecule has 35 heavy (non-hydrogen) atoms. The first-order chi connectivity index (χ1) is 16.8. The normalized spacial score (nSPS) is 27.8. The zero-order valence-corrected chi connectivity index (χ0v) is 20.8. The van der Waals surface area contributed by atoms with E-state index in [9.17, 15) is 18.4 Å². The zero-order chi connectivity index (χ0) is 24.6. The van der Waals surface area contributed by atoms with Crippen molar-refractivity contribution < 1.29 is 18.4 Å². The maximum Gasteiger partial charge on any atom is 0.243 e. The highest BCUT2D eigenvalue weighted by atomic mass is 19.2. The number of fused-ring (bicyclic) bond motifs is 1. The smallest absolute Gasteiger partial charge is 0.243 e. The molecular formula is C27H38F2N4O2. The lowest BCUT2D eigenvalue weighted by Gasteiger charge is -2.41. The third kappa shape index (κ3) is 5.38. The molecule has 0 radical (unpaired) electrons. The molecular weight excluding hydrogens is 450 g/mol. The molecule has 1 N–H and O–H groups in total. The SMILES string of the molecule is CN(CC1CCCCC1)[C@H]1C[C@H]2C(=O)NC3(CCN(Cc4ccc(F)c(F)c4)CC3)CC(=O)N2C1. The van der Waals surface area contributed by atoms with Gasteiger partial charge in [0.25, 0.3) is 0 Å². The Kier molecular flexibility index (Phi) is 7.13. The summed E-state index contributed by atoms with van der Waals surface area (Å²) in [5, 5.41) is 3.28. The Hall–Kier alpha value is -2.06. The van der Waals surface area contributed by atoms with Crippen molar-refractivity contribution in [3.8, 4) is 0 Å². The van der Waals surface area contributed by atoms with Gasteiger partial charge in [0.15, 0.2) is 11.6 Å². The second-order valence-electron chi connectivity index (χ2n) is 11.4. The van der Waals surface area contributed by atoms with Crippen molar-refractivity contribution in [2.24, 2.45) is 5.92 Å². The van der Waals surface area contributed by atoms with Gasteiger partial charge in [0, 0.05) is 38.8 Å². The molecule has 4 aliphatic rings. The van der Waals surface area contributed by atoms with Gasteiger partial charge in [0.2, 0.25) is 11.8 Å².